The minimum absolute atomic E-state index is 0.0917. The van der Waals surface area contributed by atoms with Gasteiger partial charge in [-0.3, -0.25) is 4.79 Å². The monoisotopic (exact) mass is 599 g/mol. The molecule has 1 aromatic carbocycles. The Labute approximate surface area is 213 Å². The second-order valence-electron chi connectivity index (χ2n) is 8.52. The van der Waals surface area contributed by atoms with Gasteiger partial charge in [0.2, 0.25) is 0 Å². The first-order valence-electron chi connectivity index (χ1n) is 11.1. The Morgan fingerprint density at radius 1 is 1.06 bits per heavy atom. The minimum atomic E-state index is -2.72. The van der Waals surface area contributed by atoms with E-state index < -0.39 is 17.9 Å². The topological polar surface area (TPSA) is 72.3 Å². The Morgan fingerprint density at radius 2 is 1.74 bits per heavy atom. The molecule has 2 aromatic rings. The summed E-state index contributed by atoms with van der Waals surface area (Å²) in [7, 11) is 0. The summed E-state index contributed by atoms with van der Waals surface area (Å²) in [4.78, 5) is 21.2. The molecule has 1 aromatic heterocycles. The lowest BCUT2D eigenvalue weighted by Crippen LogP contribution is -2.39. The third-order valence-electron chi connectivity index (χ3n) is 6.18. The summed E-state index contributed by atoms with van der Waals surface area (Å²) in [6, 6.07) is 10.2. The number of carbonyl (C=O) groups excluding carboxylic acids is 1. The molecular weight excluding hydrogens is 577 g/mol. The van der Waals surface area contributed by atoms with E-state index in [0.29, 0.717) is 30.2 Å². The van der Waals surface area contributed by atoms with Crippen molar-refractivity contribution in [3.63, 3.8) is 0 Å². The number of nitrogens with zero attached hydrogens (tertiary/aromatic N) is 4. The lowest BCUT2D eigenvalue weighted by molar-refractivity contribution is -0.0221. The standard InChI is InChI=1S/C24H22F4IN5O/c25-22(26)16-3-7-33(8-4-16)19-13-17(29)1-2-18(19)23(35)32-20-11-15(14-30)12-21(31-20)34-9-5-24(27,28)6-10-34/h1-2,11-13H,3-10H2,(H,31,32,35). The highest BCUT2D eigenvalue weighted by atomic mass is 127. The van der Waals surface area contributed by atoms with Crippen molar-refractivity contribution >= 4 is 45.8 Å². The van der Waals surface area contributed by atoms with Gasteiger partial charge in [0.05, 0.1) is 22.9 Å². The maximum absolute atomic E-state index is 13.6. The summed E-state index contributed by atoms with van der Waals surface area (Å²) < 4.78 is 53.9. The molecule has 6 nitrogen and oxygen atoms in total. The maximum Gasteiger partial charge on any atom is 0.269 e. The number of anilines is 3. The van der Waals surface area contributed by atoms with Crippen LogP contribution in [0.3, 0.4) is 0 Å². The Kier molecular flexibility index (Phi) is 7.49. The van der Waals surface area contributed by atoms with Gasteiger partial charge in [0, 0.05) is 42.6 Å². The number of halogens is 5. The fourth-order valence-corrected chi connectivity index (χ4v) is 4.69. The van der Waals surface area contributed by atoms with E-state index in [2.05, 4.69) is 32.9 Å². The van der Waals surface area contributed by atoms with Gasteiger partial charge in [-0.2, -0.15) is 14.0 Å². The summed E-state index contributed by atoms with van der Waals surface area (Å²) in [6.07, 6.45) is -1.81. The van der Waals surface area contributed by atoms with Crippen LogP contribution in [0.15, 0.2) is 42.0 Å². The van der Waals surface area contributed by atoms with Gasteiger partial charge in [0.1, 0.15) is 11.6 Å². The summed E-state index contributed by atoms with van der Waals surface area (Å²) in [6.45, 7) is 0.903. The predicted molar refractivity (Wildman–Crippen MR) is 133 cm³/mol. The molecule has 35 heavy (non-hydrogen) atoms. The van der Waals surface area contributed by atoms with E-state index >= 15 is 0 Å². The van der Waals surface area contributed by atoms with E-state index in [1.54, 1.807) is 17.0 Å². The van der Waals surface area contributed by atoms with Crippen LogP contribution in [0.25, 0.3) is 0 Å². The second-order valence-corrected chi connectivity index (χ2v) is 9.77. The minimum Gasteiger partial charge on any atom is -0.370 e. The van der Waals surface area contributed by atoms with Crippen molar-refractivity contribution in [3.05, 3.63) is 56.7 Å². The van der Waals surface area contributed by atoms with Crippen LogP contribution in [0, 0.1) is 14.9 Å². The zero-order chi connectivity index (χ0) is 25.2. The number of pyridine rings is 1. The van der Waals surface area contributed by atoms with Crippen molar-refractivity contribution in [2.24, 2.45) is 0 Å². The van der Waals surface area contributed by atoms with E-state index in [1.807, 2.05) is 17.0 Å². The van der Waals surface area contributed by atoms with Crippen LogP contribution >= 0.6 is 22.6 Å². The van der Waals surface area contributed by atoms with Gasteiger partial charge in [-0.1, -0.05) is 0 Å². The molecule has 2 aliphatic rings. The van der Waals surface area contributed by atoms with Gasteiger partial charge in [-0.25, -0.2) is 13.8 Å². The Bertz CT molecular complexity index is 1190. The summed E-state index contributed by atoms with van der Waals surface area (Å²) >= 11 is 2.13. The van der Waals surface area contributed by atoms with Crippen molar-refractivity contribution in [2.45, 2.75) is 31.6 Å². The molecule has 2 aliphatic heterocycles. The number of alkyl halides is 2. The molecule has 0 aliphatic carbocycles. The van der Waals surface area contributed by atoms with E-state index in [-0.39, 0.29) is 55.7 Å². The third-order valence-corrected chi connectivity index (χ3v) is 6.85. The summed E-state index contributed by atoms with van der Waals surface area (Å²) in [5, 5.41) is 12.2. The lowest BCUT2D eigenvalue weighted by Gasteiger charge is -2.32. The molecular formula is C24H22F4IN5O. The van der Waals surface area contributed by atoms with Crippen LogP contribution in [-0.2, 0) is 0 Å². The zero-order valence-electron chi connectivity index (χ0n) is 18.6. The number of aromatic nitrogens is 1. The number of carbonyl (C=O) groups is 1. The molecule has 0 unspecified atom stereocenters. The first kappa shape index (κ1) is 25.2. The highest BCUT2D eigenvalue weighted by molar-refractivity contribution is 14.1. The van der Waals surface area contributed by atoms with Crippen molar-refractivity contribution in [2.75, 3.05) is 41.3 Å². The zero-order valence-corrected chi connectivity index (χ0v) is 20.8. The Balaban J connectivity index is 1.56. The van der Waals surface area contributed by atoms with Gasteiger partial charge < -0.3 is 15.1 Å². The molecule has 184 valence electrons. The molecule has 3 heterocycles. The van der Waals surface area contributed by atoms with Gasteiger partial charge in [0.25, 0.3) is 17.9 Å². The van der Waals surface area contributed by atoms with Gasteiger partial charge in [0.15, 0.2) is 0 Å². The highest BCUT2D eigenvalue weighted by Gasteiger charge is 2.34. The first-order valence-corrected chi connectivity index (χ1v) is 12.2. The lowest BCUT2D eigenvalue weighted by atomic mass is 10.0. The molecule has 2 saturated heterocycles. The van der Waals surface area contributed by atoms with Crippen LogP contribution in [-0.4, -0.2) is 43.0 Å². The van der Waals surface area contributed by atoms with Crippen molar-refractivity contribution in [1.82, 2.24) is 4.98 Å². The smallest absolute Gasteiger partial charge is 0.269 e. The molecule has 0 atom stereocenters. The van der Waals surface area contributed by atoms with Crippen LogP contribution in [0.1, 0.15) is 41.6 Å². The normalized spacial score (nSPS) is 17.7. The SMILES string of the molecule is N#Cc1cc(NC(=O)c2ccc(I)cc2N2CCC(=C(F)F)CC2)nc(N2CCC(F)(F)CC2)c1. The number of hydrogen-bond acceptors (Lipinski definition) is 5. The largest absolute Gasteiger partial charge is 0.370 e. The molecule has 0 radical (unpaired) electrons. The maximum atomic E-state index is 13.6. The number of benzene rings is 1. The van der Waals surface area contributed by atoms with E-state index in [1.165, 1.54) is 12.1 Å². The number of nitrogens with one attached hydrogen (secondary N) is 1. The highest BCUT2D eigenvalue weighted by Crippen LogP contribution is 2.32. The van der Waals surface area contributed by atoms with Gasteiger partial charge >= 0.3 is 0 Å². The van der Waals surface area contributed by atoms with Gasteiger partial charge in [-0.15, -0.1) is 0 Å². The van der Waals surface area contributed by atoms with Crippen molar-refractivity contribution < 1.29 is 22.4 Å². The first-order chi connectivity index (χ1) is 16.6. The fourth-order valence-electron chi connectivity index (χ4n) is 4.22. The molecule has 1 amide bonds. The molecule has 1 N–H and O–H groups in total. The Morgan fingerprint density at radius 3 is 2.37 bits per heavy atom. The number of rotatable bonds is 4. The summed E-state index contributed by atoms with van der Waals surface area (Å²) in [5.41, 5.74) is 1.36. The predicted octanol–water partition coefficient (Wildman–Crippen LogP) is 5.80. The average Bonchev–Trinajstić information content (AvgIpc) is 2.83. The van der Waals surface area contributed by atoms with Gasteiger partial charge in [-0.05, 0) is 71.3 Å². The second kappa shape index (κ2) is 10.4. The molecule has 2 fully saturated rings. The quantitative estimate of drug-likeness (QED) is 0.356. The Hall–Kier alpha value is -2.88. The molecule has 0 saturated carbocycles. The number of nitriles is 1. The van der Waals surface area contributed by atoms with Crippen molar-refractivity contribution in [1.29, 1.82) is 5.26 Å². The number of hydrogen-bond donors (Lipinski definition) is 1. The van der Waals surface area contributed by atoms with E-state index in [9.17, 15) is 27.6 Å². The van der Waals surface area contributed by atoms with Crippen LogP contribution < -0.4 is 15.1 Å². The molecule has 11 heteroatoms. The van der Waals surface area contributed by atoms with Crippen molar-refractivity contribution in [3.8, 4) is 6.07 Å². The van der Waals surface area contributed by atoms with E-state index in [0.717, 1.165) is 3.57 Å². The molecule has 4 rings (SSSR count). The molecule has 0 spiro atoms. The number of amides is 1. The average molecular weight is 599 g/mol. The fraction of sp³-hybridized carbons (Fsp3) is 0.375. The van der Waals surface area contributed by atoms with Crippen LogP contribution in [0.5, 0.6) is 0 Å². The van der Waals surface area contributed by atoms with Crippen LogP contribution in [0.4, 0.5) is 34.9 Å². The third kappa shape index (κ3) is 6.04. The number of piperidine rings is 2. The summed E-state index contributed by atoms with van der Waals surface area (Å²) in [5.74, 6) is -2.70. The molecule has 0 bridgehead atoms. The van der Waals surface area contributed by atoms with E-state index in [4.69, 9.17) is 0 Å². The van der Waals surface area contributed by atoms with Crippen LogP contribution in [0.2, 0.25) is 0 Å².